The van der Waals surface area contributed by atoms with E-state index in [-0.39, 0.29) is 23.7 Å². The SMILES string of the molecule is CCN(CC(=O)NC)C(=O)c1cccc(F)c1N. The Labute approximate surface area is 105 Å². The number of carbonyl (C=O) groups is 2. The highest BCUT2D eigenvalue weighted by Crippen LogP contribution is 2.17. The molecule has 0 saturated heterocycles. The van der Waals surface area contributed by atoms with Crippen LogP contribution in [0.5, 0.6) is 0 Å². The van der Waals surface area contributed by atoms with E-state index in [1.54, 1.807) is 6.92 Å². The number of nitrogens with zero attached hydrogens (tertiary/aromatic N) is 1. The molecule has 1 aromatic carbocycles. The molecule has 0 aliphatic carbocycles. The lowest BCUT2D eigenvalue weighted by molar-refractivity contribution is -0.121. The van der Waals surface area contributed by atoms with Gasteiger partial charge in [-0.1, -0.05) is 6.07 Å². The first-order valence-electron chi connectivity index (χ1n) is 5.55. The molecule has 0 radical (unpaired) electrons. The highest BCUT2D eigenvalue weighted by molar-refractivity contribution is 6.00. The van der Waals surface area contributed by atoms with Gasteiger partial charge in [0.15, 0.2) is 0 Å². The Hall–Kier alpha value is -2.11. The average Bonchev–Trinajstić information content (AvgIpc) is 2.38. The van der Waals surface area contributed by atoms with Crippen LogP contribution in [-0.2, 0) is 4.79 Å². The van der Waals surface area contributed by atoms with Crippen LogP contribution in [-0.4, -0.2) is 36.9 Å². The number of para-hydroxylation sites is 1. The van der Waals surface area contributed by atoms with E-state index in [0.29, 0.717) is 6.54 Å². The molecule has 0 unspecified atom stereocenters. The molecule has 0 aliphatic heterocycles. The summed E-state index contributed by atoms with van der Waals surface area (Å²) in [5, 5.41) is 2.42. The van der Waals surface area contributed by atoms with E-state index < -0.39 is 11.7 Å². The van der Waals surface area contributed by atoms with E-state index in [1.807, 2.05) is 0 Å². The third-order valence-electron chi connectivity index (χ3n) is 2.57. The van der Waals surface area contributed by atoms with Gasteiger partial charge in [-0.15, -0.1) is 0 Å². The minimum Gasteiger partial charge on any atom is -0.396 e. The van der Waals surface area contributed by atoms with Gasteiger partial charge in [0.05, 0.1) is 17.8 Å². The van der Waals surface area contributed by atoms with E-state index in [2.05, 4.69) is 5.32 Å². The first-order valence-corrected chi connectivity index (χ1v) is 5.55. The van der Waals surface area contributed by atoms with E-state index >= 15 is 0 Å². The molecule has 0 spiro atoms. The van der Waals surface area contributed by atoms with Gasteiger partial charge in [-0.05, 0) is 19.1 Å². The minimum atomic E-state index is -0.642. The first-order chi connectivity index (χ1) is 8.51. The van der Waals surface area contributed by atoms with Crippen molar-refractivity contribution in [3.63, 3.8) is 0 Å². The second-order valence-electron chi connectivity index (χ2n) is 3.69. The van der Waals surface area contributed by atoms with Crippen LogP contribution in [0.4, 0.5) is 10.1 Å². The second-order valence-corrected chi connectivity index (χ2v) is 3.69. The molecule has 1 aromatic rings. The molecule has 0 bridgehead atoms. The van der Waals surface area contributed by atoms with Crippen molar-refractivity contribution in [2.45, 2.75) is 6.92 Å². The molecule has 98 valence electrons. The quantitative estimate of drug-likeness (QED) is 0.772. The van der Waals surface area contributed by atoms with Gasteiger partial charge in [-0.3, -0.25) is 9.59 Å². The Balaban J connectivity index is 2.97. The zero-order valence-electron chi connectivity index (χ0n) is 10.4. The molecule has 0 atom stereocenters. The van der Waals surface area contributed by atoms with Gasteiger partial charge in [0.1, 0.15) is 5.82 Å². The van der Waals surface area contributed by atoms with Crippen LogP contribution in [0.15, 0.2) is 18.2 Å². The third-order valence-corrected chi connectivity index (χ3v) is 2.57. The highest BCUT2D eigenvalue weighted by Gasteiger charge is 2.20. The number of nitrogens with one attached hydrogen (secondary N) is 1. The smallest absolute Gasteiger partial charge is 0.256 e. The van der Waals surface area contributed by atoms with Crippen LogP contribution in [0, 0.1) is 5.82 Å². The van der Waals surface area contributed by atoms with Gasteiger partial charge in [-0.2, -0.15) is 0 Å². The summed E-state index contributed by atoms with van der Waals surface area (Å²) in [5.74, 6) is -1.39. The molecule has 0 aliphatic rings. The molecular formula is C12H16FN3O2. The van der Waals surface area contributed by atoms with Gasteiger partial charge >= 0.3 is 0 Å². The fourth-order valence-corrected chi connectivity index (χ4v) is 1.47. The number of hydrogen-bond acceptors (Lipinski definition) is 3. The fraction of sp³-hybridized carbons (Fsp3) is 0.333. The van der Waals surface area contributed by atoms with Crippen LogP contribution < -0.4 is 11.1 Å². The number of rotatable bonds is 4. The molecule has 0 aromatic heterocycles. The second kappa shape index (κ2) is 6.00. The lowest BCUT2D eigenvalue weighted by Crippen LogP contribution is -2.39. The van der Waals surface area contributed by atoms with Gasteiger partial charge in [0, 0.05) is 13.6 Å². The fourth-order valence-electron chi connectivity index (χ4n) is 1.47. The van der Waals surface area contributed by atoms with Gasteiger partial charge in [0.25, 0.3) is 5.91 Å². The van der Waals surface area contributed by atoms with Crippen LogP contribution in [0.2, 0.25) is 0 Å². The Morgan fingerprint density at radius 2 is 2.11 bits per heavy atom. The topological polar surface area (TPSA) is 75.4 Å². The summed E-state index contributed by atoms with van der Waals surface area (Å²) < 4.78 is 13.3. The average molecular weight is 253 g/mol. The van der Waals surface area contributed by atoms with Crippen LogP contribution in [0.1, 0.15) is 17.3 Å². The summed E-state index contributed by atoms with van der Waals surface area (Å²) in [7, 11) is 1.48. The van der Waals surface area contributed by atoms with Gasteiger partial charge < -0.3 is 16.0 Å². The van der Waals surface area contributed by atoms with Crippen molar-refractivity contribution in [2.75, 3.05) is 25.9 Å². The number of nitrogens with two attached hydrogens (primary N) is 1. The third kappa shape index (κ3) is 2.97. The van der Waals surface area contributed by atoms with Crippen molar-refractivity contribution in [2.24, 2.45) is 0 Å². The number of carbonyl (C=O) groups excluding carboxylic acids is 2. The Morgan fingerprint density at radius 3 is 2.67 bits per heavy atom. The number of anilines is 1. The van der Waals surface area contributed by atoms with Crippen LogP contribution in [0.3, 0.4) is 0 Å². The molecule has 0 saturated carbocycles. The maximum Gasteiger partial charge on any atom is 0.256 e. The molecule has 1 rings (SSSR count). The van der Waals surface area contributed by atoms with Gasteiger partial charge in [-0.25, -0.2) is 4.39 Å². The molecular weight excluding hydrogens is 237 g/mol. The number of hydrogen-bond donors (Lipinski definition) is 2. The largest absolute Gasteiger partial charge is 0.396 e. The molecule has 18 heavy (non-hydrogen) atoms. The van der Waals surface area contributed by atoms with E-state index in [4.69, 9.17) is 5.73 Å². The van der Waals surface area contributed by atoms with E-state index in [1.165, 1.54) is 30.1 Å². The summed E-state index contributed by atoms with van der Waals surface area (Å²) in [6.07, 6.45) is 0. The van der Waals surface area contributed by atoms with Crippen molar-refractivity contribution in [3.05, 3.63) is 29.6 Å². The lowest BCUT2D eigenvalue weighted by Gasteiger charge is -2.20. The standard InChI is InChI=1S/C12H16FN3O2/c1-3-16(7-10(17)15-2)12(18)8-5-4-6-9(13)11(8)14/h4-6H,3,7,14H2,1-2H3,(H,15,17). The predicted molar refractivity (Wildman–Crippen MR) is 66.5 cm³/mol. The summed E-state index contributed by atoms with van der Waals surface area (Å²) in [6, 6.07) is 4.03. The van der Waals surface area contributed by atoms with E-state index in [9.17, 15) is 14.0 Å². The number of likely N-dealkylation sites (N-methyl/N-ethyl adjacent to an activating group) is 2. The van der Waals surface area contributed by atoms with Crippen LogP contribution in [0.25, 0.3) is 0 Å². The molecule has 0 heterocycles. The number of halogens is 1. The van der Waals surface area contributed by atoms with Crippen LogP contribution >= 0.6 is 0 Å². The number of nitrogen functional groups attached to an aromatic ring is 1. The van der Waals surface area contributed by atoms with E-state index in [0.717, 1.165) is 0 Å². The minimum absolute atomic E-state index is 0.0701. The normalized spacial score (nSPS) is 9.94. The molecule has 2 amide bonds. The van der Waals surface area contributed by atoms with Gasteiger partial charge in [0.2, 0.25) is 5.91 Å². The molecule has 0 fully saturated rings. The first kappa shape index (κ1) is 14.0. The maximum absolute atomic E-state index is 13.3. The zero-order chi connectivity index (χ0) is 13.7. The Bertz CT molecular complexity index is 463. The summed E-state index contributed by atoms with van der Waals surface area (Å²) in [5.41, 5.74) is 5.39. The Kier molecular flexibility index (Phi) is 4.65. The number of amides is 2. The molecule has 6 heteroatoms. The summed E-state index contributed by atoms with van der Waals surface area (Å²) >= 11 is 0. The van der Waals surface area contributed by atoms with Crippen molar-refractivity contribution >= 4 is 17.5 Å². The maximum atomic E-state index is 13.3. The Morgan fingerprint density at radius 1 is 1.44 bits per heavy atom. The molecule has 5 nitrogen and oxygen atoms in total. The van der Waals surface area contributed by atoms with Crippen molar-refractivity contribution in [1.29, 1.82) is 0 Å². The predicted octanol–water partition coefficient (Wildman–Crippen LogP) is 0.616. The zero-order valence-corrected chi connectivity index (χ0v) is 10.4. The van der Waals surface area contributed by atoms with Crippen molar-refractivity contribution in [1.82, 2.24) is 10.2 Å². The highest BCUT2D eigenvalue weighted by atomic mass is 19.1. The number of benzene rings is 1. The summed E-state index contributed by atoms with van der Waals surface area (Å²) in [6.45, 7) is 1.99. The lowest BCUT2D eigenvalue weighted by atomic mass is 10.1. The van der Waals surface area contributed by atoms with Crippen molar-refractivity contribution in [3.8, 4) is 0 Å². The van der Waals surface area contributed by atoms with Crippen molar-refractivity contribution < 1.29 is 14.0 Å². The monoisotopic (exact) mass is 253 g/mol. The summed E-state index contributed by atoms with van der Waals surface area (Å²) in [4.78, 5) is 24.7. The molecule has 3 N–H and O–H groups in total.